The monoisotopic (exact) mass is 370 g/mol. The van der Waals surface area contributed by atoms with Crippen LogP contribution < -0.4 is 5.32 Å². The van der Waals surface area contributed by atoms with Gasteiger partial charge in [0.15, 0.2) is 17.4 Å². The average Bonchev–Trinajstić information content (AvgIpc) is 3.24. The van der Waals surface area contributed by atoms with Crippen molar-refractivity contribution in [2.75, 3.05) is 0 Å². The lowest BCUT2D eigenvalue weighted by atomic mass is 9.79. The van der Waals surface area contributed by atoms with Crippen LogP contribution in [0.3, 0.4) is 0 Å². The molecule has 1 amide bonds. The van der Waals surface area contributed by atoms with Crippen molar-refractivity contribution < 1.29 is 14.3 Å². The lowest BCUT2D eigenvalue weighted by molar-refractivity contribution is 0.0906. The Morgan fingerprint density at radius 2 is 2.19 bits per heavy atom. The molecule has 9 heteroatoms. The van der Waals surface area contributed by atoms with E-state index in [9.17, 15) is 14.3 Å². The van der Waals surface area contributed by atoms with Crippen molar-refractivity contribution in [1.82, 2.24) is 29.9 Å². The van der Waals surface area contributed by atoms with Crippen LogP contribution in [0.4, 0.5) is 4.39 Å². The van der Waals surface area contributed by atoms with Gasteiger partial charge in [0.05, 0.1) is 0 Å². The lowest BCUT2D eigenvalue weighted by Crippen LogP contribution is -2.44. The van der Waals surface area contributed by atoms with Gasteiger partial charge in [0.25, 0.3) is 5.91 Å². The highest BCUT2D eigenvalue weighted by Gasteiger charge is 2.35. The van der Waals surface area contributed by atoms with Crippen molar-refractivity contribution in [3.8, 4) is 5.75 Å². The number of halogens is 1. The van der Waals surface area contributed by atoms with Gasteiger partial charge in [-0.1, -0.05) is 0 Å². The molecular weight excluding hydrogens is 351 g/mol. The molecule has 1 fully saturated rings. The molecule has 1 aliphatic carbocycles. The fraction of sp³-hybridized carbons (Fsp3) is 0.333. The average molecular weight is 370 g/mol. The number of aromatic hydroxyl groups is 1. The first-order valence-electron chi connectivity index (χ1n) is 8.66. The van der Waals surface area contributed by atoms with E-state index in [0.717, 1.165) is 36.6 Å². The van der Waals surface area contributed by atoms with Crippen molar-refractivity contribution >= 4 is 5.91 Å². The zero-order chi connectivity index (χ0) is 19.0. The molecule has 2 heterocycles. The third-order valence-electron chi connectivity index (χ3n) is 4.91. The quantitative estimate of drug-likeness (QED) is 0.711. The lowest BCUT2D eigenvalue weighted by Gasteiger charge is -2.35. The molecule has 1 aliphatic rings. The highest BCUT2D eigenvalue weighted by atomic mass is 19.1. The molecule has 1 aromatic carbocycles. The van der Waals surface area contributed by atoms with Crippen molar-refractivity contribution in [2.45, 2.75) is 31.3 Å². The van der Waals surface area contributed by atoms with E-state index in [-0.39, 0.29) is 23.4 Å². The number of phenols is 1. The zero-order valence-corrected chi connectivity index (χ0v) is 14.7. The fourth-order valence-corrected chi connectivity index (χ4v) is 3.28. The molecule has 0 bridgehead atoms. The molecule has 0 saturated heterocycles. The summed E-state index contributed by atoms with van der Waals surface area (Å²) in [7, 11) is 1.93. The molecule has 0 radical (unpaired) electrons. The summed E-state index contributed by atoms with van der Waals surface area (Å²) in [6, 6.07) is 5.43. The molecule has 0 aliphatic heterocycles. The molecule has 140 valence electrons. The highest BCUT2D eigenvalue weighted by molar-refractivity contribution is 5.94. The van der Waals surface area contributed by atoms with E-state index in [1.807, 2.05) is 23.9 Å². The van der Waals surface area contributed by atoms with Gasteiger partial charge in [-0.05, 0) is 37.1 Å². The molecule has 2 aromatic heterocycles. The number of hydrogen-bond acceptors (Lipinski definition) is 5. The van der Waals surface area contributed by atoms with Crippen LogP contribution in [-0.2, 0) is 13.6 Å². The van der Waals surface area contributed by atoms with Crippen LogP contribution in [0.2, 0.25) is 0 Å². The van der Waals surface area contributed by atoms with E-state index >= 15 is 0 Å². The SMILES string of the molecule is Cn1c(Cn2cccn2)nnc1C1CC(NC(=O)c2ccc(F)c(O)c2)C1. The number of aromatic nitrogens is 5. The first-order valence-corrected chi connectivity index (χ1v) is 8.66. The summed E-state index contributed by atoms with van der Waals surface area (Å²) in [6.07, 6.45) is 5.10. The molecule has 0 unspecified atom stereocenters. The minimum absolute atomic E-state index is 0.0148. The van der Waals surface area contributed by atoms with E-state index in [1.165, 1.54) is 6.07 Å². The largest absolute Gasteiger partial charge is 0.505 e. The minimum Gasteiger partial charge on any atom is -0.505 e. The topological polar surface area (TPSA) is 97.9 Å². The molecule has 0 atom stereocenters. The Labute approximate surface area is 154 Å². The maximum Gasteiger partial charge on any atom is 0.251 e. The van der Waals surface area contributed by atoms with Gasteiger partial charge in [0.1, 0.15) is 12.4 Å². The van der Waals surface area contributed by atoms with Gasteiger partial charge in [-0.25, -0.2) is 4.39 Å². The summed E-state index contributed by atoms with van der Waals surface area (Å²) in [4.78, 5) is 12.2. The zero-order valence-electron chi connectivity index (χ0n) is 14.7. The van der Waals surface area contributed by atoms with E-state index < -0.39 is 11.6 Å². The Morgan fingerprint density at radius 1 is 1.37 bits per heavy atom. The van der Waals surface area contributed by atoms with Crippen LogP contribution in [0.25, 0.3) is 0 Å². The molecule has 4 rings (SSSR count). The molecular formula is C18H19FN6O2. The number of amides is 1. The van der Waals surface area contributed by atoms with Crippen LogP contribution in [-0.4, -0.2) is 41.6 Å². The van der Waals surface area contributed by atoms with Crippen molar-refractivity contribution in [1.29, 1.82) is 0 Å². The maximum atomic E-state index is 13.1. The van der Waals surface area contributed by atoms with Gasteiger partial charge in [-0.2, -0.15) is 5.10 Å². The number of carbonyl (C=O) groups excluding carboxylic acids is 1. The minimum atomic E-state index is -0.747. The van der Waals surface area contributed by atoms with E-state index in [4.69, 9.17) is 0 Å². The van der Waals surface area contributed by atoms with Crippen LogP contribution >= 0.6 is 0 Å². The van der Waals surface area contributed by atoms with E-state index in [1.54, 1.807) is 10.9 Å². The number of rotatable bonds is 5. The highest BCUT2D eigenvalue weighted by Crippen LogP contribution is 2.36. The predicted molar refractivity (Wildman–Crippen MR) is 93.6 cm³/mol. The third-order valence-corrected chi connectivity index (χ3v) is 4.91. The second kappa shape index (κ2) is 6.82. The third kappa shape index (κ3) is 3.40. The Balaban J connectivity index is 1.35. The smallest absolute Gasteiger partial charge is 0.251 e. The Hall–Kier alpha value is -3.23. The molecule has 27 heavy (non-hydrogen) atoms. The molecule has 0 spiro atoms. The normalized spacial score (nSPS) is 18.9. The first kappa shape index (κ1) is 17.2. The predicted octanol–water partition coefficient (Wildman–Crippen LogP) is 1.58. The fourth-order valence-electron chi connectivity index (χ4n) is 3.28. The van der Waals surface area contributed by atoms with Gasteiger partial charge in [-0.3, -0.25) is 9.48 Å². The number of hydrogen-bond donors (Lipinski definition) is 2. The summed E-state index contributed by atoms with van der Waals surface area (Å²) in [6.45, 7) is 0.553. The van der Waals surface area contributed by atoms with Crippen LogP contribution in [0, 0.1) is 5.82 Å². The number of carbonyl (C=O) groups is 1. The van der Waals surface area contributed by atoms with Crippen LogP contribution in [0.1, 0.15) is 40.8 Å². The van der Waals surface area contributed by atoms with Crippen molar-refractivity contribution in [2.24, 2.45) is 7.05 Å². The molecule has 2 N–H and O–H groups in total. The Bertz CT molecular complexity index is 962. The molecule has 3 aromatic rings. The van der Waals surface area contributed by atoms with Gasteiger partial charge < -0.3 is 15.0 Å². The van der Waals surface area contributed by atoms with Crippen LogP contribution in [0.15, 0.2) is 36.7 Å². The van der Waals surface area contributed by atoms with Gasteiger partial charge in [-0.15, -0.1) is 10.2 Å². The standard InChI is InChI=1S/C18H19FN6O2/c1-24-16(10-25-6-2-5-20-25)22-23-17(24)12-7-13(8-12)21-18(27)11-3-4-14(19)15(26)9-11/h2-6,9,12-13,26H,7-8,10H2,1H3,(H,21,27). The second-order valence-corrected chi connectivity index (χ2v) is 6.74. The molecule has 8 nitrogen and oxygen atoms in total. The number of nitrogens with one attached hydrogen (secondary N) is 1. The summed E-state index contributed by atoms with van der Waals surface area (Å²) in [5.74, 6) is 0.332. The summed E-state index contributed by atoms with van der Waals surface area (Å²) in [5.41, 5.74) is 0.234. The second-order valence-electron chi connectivity index (χ2n) is 6.74. The van der Waals surface area contributed by atoms with Crippen molar-refractivity contribution in [3.63, 3.8) is 0 Å². The van der Waals surface area contributed by atoms with Crippen molar-refractivity contribution in [3.05, 3.63) is 59.7 Å². The Morgan fingerprint density at radius 3 is 2.89 bits per heavy atom. The first-order chi connectivity index (χ1) is 13.0. The van der Waals surface area contributed by atoms with Gasteiger partial charge in [0.2, 0.25) is 0 Å². The Kier molecular flexibility index (Phi) is 4.35. The summed E-state index contributed by atoms with van der Waals surface area (Å²) >= 11 is 0. The van der Waals surface area contributed by atoms with Crippen LogP contribution in [0.5, 0.6) is 5.75 Å². The summed E-state index contributed by atoms with van der Waals surface area (Å²) in [5, 5.41) is 25.0. The maximum absolute atomic E-state index is 13.1. The van der Waals surface area contributed by atoms with E-state index in [2.05, 4.69) is 20.6 Å². The number of nitrogens with zero attached hydrogens (tertiary/aromatic N) is 5. The van der Waals surface area contributed by atoms with E-state index in [0.29, 0.717) is 6.54 Å². The summed E-state index contributed by atoms with van der Waals surface area (Å²) < 4.78 is 16.9. The van der Waals surface area contributed by atoms with Gasteiger partial charge in [0, 0.05) is 37.0 Å². The number of phenolic OH excluding ortho intramolecular Hbond substituents is 1. The van der Waals surface area contributed by atoms with Gasteiger partial charge >= 0.3 is 0 Å². The molecule has 1 saturated carbocycles. The number of benzene rings is 1.